The molecule has 0 unspecified atom stereocenters. The molecule has 0 bridgehead atoms. The molecule has 4 heteroatoms. The average Bonchev–Trinajstić information content (AvgIpc) is 2.34. The van der Waals surface area contributed by atoms with E-state index in [1.165, 1.54) is 0 Å². The molecule has 17 heavy (non-hydrogen) atoms. The molecule has 0 N–H and O–H groups in total. The standard InChI is InChI=1S/C13H21NO2S/c1-10-8-11(15-3)9-12(16-4)13(10)14(2)6-5-7-17/h8-9,17H,5-7H2,1-4H3. The quantitative estimate of drug-likeness (QED) is 0.790. The van der Waals surface area contributed by atoms with Crippen molar-refractivity contribution < 1.29 is 9.47 Å². The third-order valence-corrected chi connectivity index (χ3v) is 3.04. The van der Waals surface area contributed by atoms with Crippen molar-refractivity contribution in [2.75, 3.05) is 38.5 Å². The molecule has 0 spiro atoms. The lowest BCUT2D eigenvalue weighted by Gasteiger charge is -2.24. The second-order valence-corrected chi connectivity index (χ2v) is 4.44. The Morgan fingerprint density at radius 2 is 1.94 bits per heavy atom. The van der Waals surface area contributed by atoms with Gasteiger partial charge in [0.25, 0.3) is 0 Å². The van der Waals surface area contributed by atoms with Gasteiger partial charge in [0.1, 0.15) is 11.5 Å². The van der Waals surface area contributed by atoms with Crippen LogP contribution in [-0.2, 0) is 0 Å². The number of hydrogen-bond donors (Lipinski definition) is 1. The SMILES string of the molecule is COc1cc(C)c(N(C)CCCS)c(OC)c1. The Labute approximate surface area is 109 Å². The zero-order valence-corrected chi connectivity index (χ0v) is 11.9. The minimum atomic E-state index is 0.825. The molecule has 0 amide bonds. The maximum absolute atomic E-state index is 5.43. The topological polar surface area (TPSA) is 21.7 Å². The smallest absolute Gasteiger partial charge is 0.146 e. The van der Waals surface area contributed by atoms with Crippen molar-refractivity contribution in [2.45, 2.75) is 13.3 Å². The Balaban J connectivity index is 3.04. The van der Waals surface area contributed by atoms with Crippen molar-refractivity contribution >= 4 is 18.3 Å². The van der Waals surface area contributed by atoms with Crippen LogP contribution in [0.3, 0.4) is 0 Å². The van der Waals surface area contributed by atoms with Gasteiger partial charge in [0.2, 0.25) is 0 Å². The lowest BCUT2D eigenvalue weighted by atomic mass is 10.1. The molecule has 0 aliphatic carbocycles. The lowest BCUT2D eigenvalue weighted by molar-refractivity contribution is 0.394. The number of anilines is 1. The molecule has 0 fully saturated rings. The predicted octanol–water partition coefficient (Wildman–Crippen LogP) is 2.77. The second kappa shape index (κ2) is 6.64. The van der Waals surface area contributed by atoms with Crippen LogP contribution in [0.4, 0.5) is 5.69 Å². The summed E-state index contributed by atoms with van der Waals surface area (Å²) in [6.07, 6.45) is 1.05. The predicted molar refractivity (Wildman–Crippen MR) is 76.0 cm³/mol. The number of methoxy groups -OCH3 is 2. The molecular weight excluding hydrogens is 234 g/mol. The third kappa shape index (κ3) is 3.46. The lowest BCUT2D eigenvalue weighted by Crippen LogP contribution is -2.20. The van der Waals surface area contributed by atoms with Crippen molar-refractivity contribution in [2.24, 2.45) is 0 Å². The summed E-state index contributed by atoms with van der Waals surface area (Å²) in [6.45, 7) is 3.03. The van der Waals surface area contributed by atoms with Crippen molar-refractivity contribution in [3.8, 4) is 11.5 Å². The first-order valence-corrected chi connectivity index (χ1v) is 6.32. The van der Waals surface area contributed by atoms with Gasteiger partial charge in [0, 0.05) is 19.7 Å². The van der Waals surface area contributed by atoms with Crippen LogP contribution in [0, 0.1) is 6.92 Å². The third-order valence-electron chi connectivity index (χ3n) is 2.73. The highest BCUT2D eigenvalue weighted by Gasteiger charge is 2.13. The molecule has 0 radical (unpaired) electrons. The molecule has 0 heterocycles. The van der Waals surface area contributed by atoms with Gasteiger partial charge >= 0.3 is 0 Å². The Bertz CT molecular complexity index is 369. The second-order valence-electron chi connectivity index (χ2n) is 3.99. The number of ether oxygens (including phenoxy) is 2. The van der Waals surface area contributed by atoms with E-state index >= 15 is 0 Å². The molecule has 1 aromatic carbocycles. The number of nitrogens with zero attached hydrogens (tertiary/aromatic N) is 1. The molecule has 96 valence electrons. The van der Waals surface area contributed by atoms with Gasteiger partial charge in [-0.25, -0.2) is 0 Å². The van der Waals surface area contributed by atoms with E-state index in [0.29, 0.717) is 0 Å². The minimum absolute atomic E-state index is 0.825. The summed E-state index contributed by atoms with van der Waals surface area (Å²) in [5, 5.41) is 0. The van der Waals surface area contributed by atoms with E-state index < -0.39 is 0 Å². The van der Waals surface area contributed by atoms with E-state index in [4.69, 9.17) is 9.47 Å². The first-order valence-electron chi connectivity index (χ1n) is 5.68. The largest absolute Gasteiger partial charge is 0.497 e. The Hall–Kier alpha value is -1.03. The Morgan fingerprint density at radius 3 is 2.47 bits per heavy atom. The van der Waals surface area contributed by atoms with Crippen LogP contribution in [0.2, 0.25) is 0 Å². The number of benzene rings is 1. The van der Waals surface area contributed by atoms with Crippen LogP contribution in [0.5, 0.6) is 11.5 Å². The molecular formula is C13H21NO2S. The summed E-state index contributed by atoms with van der Waals surface area (Å²) < 4.78 is 10.7. The molecule has 0 saturated heterocycles. The van der Waals surface area contributed by atoms with Gasteiger partial charge in [0.15, 0.2) is 0 Å². The molecule has 0 aromatic heterocycles. The highest BCUT2D eigenvalue weighted by Crippen LogP contribution is 2.35. The van der Waals surface area contributed by atoms with Crippen LogP contribution in [0.1, 0.15) is 12.0 Å². The molecule has 0 aliphatic heterocycles. The molecule has 3 nitrogen and oxygen atoms in total. The van der Waals surface area contributed by atoms with Crippen molar-refractivity contribution in [1.82, 2.24) is 0 Å². The monoisotopic (exact) mass is 255 g/mol. The minimum Gasteiger partial charge on any atom is -0.497 e. The number of thiol groups is 1. The molecule has 0 aliphatic rings. The summed E-state index contributed by atoms with van der Waals surface area (Å²) in [7, 11) is 5.42. The van der Waals surface area contributed by atoms with E-state index in [0.717, 1.165) is 41.5 Å². The fourth-order valence-corrected chi connectivity index (χ4v) is 2.04. The van der Waals surface area contributed by atoms with Crippen molar-refractivity contribution in [3.63, 3.8) is 0 Å². The van der Waals surface area contributed by atoms with Crippen molar-refractivity contribution in [1.29, 1.82) is 0 Å². The van der Waals surface area contributed by atoms with E-state index in [2.05, 4.69) is 31.5 Å². The van der Waals surface area contributed by atoms with Gasteiger partial charge in [-0.05, 0) is 30.7 Å². The molecule has 1 rings (SSSR count). The van der Waals surface area contributed by atoms with Gasteiger partial charge in [-0.3, -0.25) is 0 Å². The number of rotatable bonds is 6. The van der Waals surface area contributed by atoms with Gasteiger partial charge in [0.05, 0.1) is 19.9 Å². The zero-order chi connectivity index (χ0) is 12.8. The normalized spacial score (nSPS) is 10.2. The highest BCUT2D eigenvalue weighted by atomic mass is 32.1. The summed E-state index contributed by atoms with van der Waals surface area (Å²) in [5.41, 5.74) is 2.28. The highest BCUT2D eigenvalue weighted by molar-refractivity contribution is 7.80. The number of aryl methyl sites for hydroxylation is 1. The fourth-order valence-electron chi connectivity index (χ4n) is 1.90. The summed E-state index contributed by atoms with van der Waals surface area (Å²) >= 11 is 4.24. The van der Waals surface area contributed by atoms with Crippen molar-refractivity contribution in [3.05, 3.63) is 17.7 Å². The fraction of sp³-hybridized carbons (Fsp3) is 0.538. The van der Waals surface area contributed by atoms with Gasteiger partial charge in [-0.2, -0.15) is 12.6 Å². The van der Waals surface area contributed by atoms with Gasteiger partial charge in [-0.15, -0.1) is 0 Å². The van der Waals surface area contributed by atoms with Crippen LogP contribution < -0.4 is 14.4 Å². The zero-order valence-electron chi connectivity index (χ0n) is 11.0. The molecule has 1 aromatic rings. The van der Waals surface area contributed by atoms with E-state index in [-0.39, 0.29) is 0 Å². The van der Waals surface area contributed by atoms with E-state index in [9.17, 15) is 0 Å². The Kier molecular flexibility index (Phi) is 5.48. The molecule has 0 atom stereocenters. The van der Waals surface area contributed by atoms with Gasteiger partial charge in [-0.1, -0.05) is 0 Å². The van der Waals surface area contributed by atoms with E-state index in [1.807, 2.05) is 12.1 Å². The first kappa shape index (κ1) is 14.0. The van der Waals surface area contributed by atoms with Crippen LogP contribution in [0.15, 0.2) is 12.1 Å². The first-order chi connectivity index (χ1) is 8.13. The maximum Gasteiger partial charge on any atom is 0.146 e. The van der Waals surface area contributed by atoms with Crippen LogP contribution in [0.25, 0.3) is 0 Å². The van der Waals surface area contributed by atoms with Crippen LogP contribution in [-0.4, -0.2) is 33.6 Å². The summed E-state index contributed by atoms with van der Waals surface area (Å²) in [6, 6.07) is 3.94. The molecule has 0 saturated carbocycles. The van der Waals surface area contributed by atoms with E-state index in [1.54, 1.807) is 14.2 Å². The Morgan fingerprint density at radius 1 is 1.24 bits per heavy atom. The summed E-state index contributed by atoms with van der Waals surface area (Å²) in [4.78, 5) is 2.20. The van der Waals surface area contributed by atoms with Crippen LogP contribution >= 0.6 is 12.6 Å². The maximum atomic E-state index is 5.43. The average molecular weight is 255 g/mol. The summed E-state index contributed by atoms with van der Waals surface area (Å²) in [5.74, 6) is 2.57. The number of hydrogen-bond acceptors (Lipinski definition) is 4. The van der Waals surface area contributed by atoms with Gasteiger partial charge < -0.3 is 14.4 Å².